The Morgan fingerprint density at radius 3 is 1.83 bits per heavy atom. The van der Waals surface area contributed by atoms with E-state index in [0.717, 1.165) is 44.1 Å². The summed E-state index contributed by atoms with van der Waals surface area (Å²) >= 11 is 0. The number of cyclic esters (lactones) is 1. The summed E-state index contributed by atoms with van der Waals surface area (Å²) in [4.78, 5) is 68.5. The van der Waals surface area contributed by atoms with Crippen molar-refractivity contribution in [2.75, 3.05) is 0 Å². The van der Waals surface area contributed by atoms with Gasteiger partial charge >= 0.3 is 17.9 Å². The Bertz CT molecular complexity index is 1540. The van der Waals surface area contributed by atoms with E-state index >= 15 is 0 Å². The fraction of sp³-hybridized carbons (Fsp3) is 0.729. The van der Waals surface area contributed by atoms with Gasteiger partial charge in [-0.05, 0) is 106 Å². The number of unbranched alkanes of at least 4 members (excludes halogenated alkanes) is 8. The summed E-state index contributed by atoms with van der Waals surface area (Å²) in [5, 5.41) is 2.87. The van der Waals surface area contributed by atoms with Gasteiger partial charge in [-0.1, -0.05) is 90.5 Å². The van der Waals surface area contributed by atoms with E-state index in [-0.39, 0.29) is 6.42 Å². The maximum absolute atomic E-state index is 14.7. The van der Waals surface area contributed by atoms with Crippen LogP contribution < -0.4 is 10.1 Å². The molecule has 1 N–H and O–H groups in total. The molecule has 0 radical (unpaired) electrons. The molecule has 334 valence electrons. The number of esters is 3. The lowest BCUT2D eigenvalue weighted by Gasteiger charge is -2.33. The first-order valence-corrected chi connectivity index (χ1v) is 21.8. The SMILES string of the molecule is CCCCCCCC(=O)CCCCCC/C=C/[C@@H](C(=O)N[C@@H](Cc1ccc(OC(C)(C)C)cc1)C(=O)OC(C)(C)C)[C@]1(CC(=O)OC(C)(C)C)O[C@H](C(C)(C)C)OC1=O. The van der Waals surface area contributed by atoms with Crippen molar-refractivity contribution in [2.24, 2.45) is 11.3 Å². The van der Waals surface area contributed by atoms with Gasteiger partial charge in [0, 0.05) is 24.7 Å². The first-order chi connectivity index (χ1) is 27.2. The van der Waals surface area contributed by atoms with Crippen molar-refractivity contribution < 1.29 is 47.7 Å². The number of hydrogen-bond donors (Lipinski definition) is 1. The van der Waals surface area contributed by atoms with E-state index in [1.165, 1.54) is 19.3 Å². The quantitative estimate of drug-likeness (QED) is 0.0490. The highest BCUT2D eigenvalue weighted by Crippen LogP contribution is 2.42. The van der Waals surface area contributed by atoms with Crippen molar-refractivity contribution in [3.8, 4) is 5.75 Å². The zero-order chi connectivity index (χ0) is 44.7. The zero-order valence-corrected chi connectivity index (χ0v) is 38.7. The number of benzene rings is 1. The van der Waals surface area contributed by atoms with Crippen molar-refractivity contribution in [1.29, 1.82) is 0 Å². The van der Waals surface area contributed by atoms with Gasteiger partial charge in [-0.2, -0.15) is 0 Å². The van der Waals surface area contributed by atoms with Crippen LogP contribution >= 0.6 is 0 Å². The molecular weight excluding hydrogens is 751 g/mol. The normalized spacial score (nSPS) is 18.6. The summed E-state index contributed by atoms with van der Waals surface area (Å²) in [7, 11) is 0. The van der Waals surface area contributed by atoms with Gasteiger partial charge in [-0.3, -0.25) is 14.4 Å². The number of allylic oxidation sites excluding steroid dienone is 1. The second-order valence-corrected chi connectivity index (χ2v) is 20.1. The second-order valence-electron chi connectivity index (χ2n) is 20.1. The van der Waals surface area contributed by atoms with E-state index < -0.39 is 76.3 Å². The van der Waals surface area contributed by atoms with Crippen LogP contribution in [0.1, 0.15) is 179 Å². The Labute approximate surface area is 355 Å². The molecule has 1 aliphatic heterocycles. The van der Waals surface area contributed by atoms with Crippen molar-refractivity contribution >= 4 is 29.6 Å². The van der Waals surface area contributed by atoms with Gasteiger partial charge in [-0.15, -0.1) is 0 Å². The summed E-state index contributed by atoms with van der Waals surface area (Å²) in [6, 6.07) is 6.08. The largest absolute Gasteiger partial charge is 0.488 e. The highest BCUT2D eigenvalue weighted by Gasteiger charge is 2.61. The fourth-order valence-electron chi connectivity index (χ4n) is 6.62. The third kappa shape index (κ3) is 19.5. The van der Waals surface area contributed by atoms with Crippen LogP contribution in [0.2, 0.25) is 0 Å². The molecule has 59 heavy (non-hydrogen) atoms. The molecule has 2 rings (SSSR count). The lowest BCUT2D eigenvalue weighted by molar-refractivity contribution is -0.178. The predicted octanol–water partition coefficient (Wildman–Crippen LogP) is 10.1. The molecule has 4 atom stereocenters. The molecule has 1 fully saturated rings. The van der Waals surface area contributed by atoms with Crippen LogP contribution in [0.4, 0.5) is 0 Å². The number of carbonyl (C=O) groups excluding carboxylic acids is 5. The Hall–Kier alpha value is -3.73. The van der Waals surface area contributed by atoms with Crippen molar-refractivity contribution in [2.45, 2.75) is 215 Å². The number of amides is 1. The van der Waals surface area contributed by atoms with Crippen molar-refractivity contribution in [1.82, 2.24) is 5.32 Å². The van der Waals surface area contributed by atoms with Crippen LogP contribution in [0.5, 0.6) is 5.75 Å². The Morgan fingerprint density at radius 1 is 0.763 bits per heavy atom. The Morgan fingerprint density at radius 2 is 1.32 bits per heavy atom. The zero-order valence-electron chi connectivity index (χ0n) is 38.7. The topological polar surface area (TPSA) is 144 Å². The van der Waals surface area contributed by atoms with Crippen LogP contribution in [-0.4, -0.2) is 64.3 Å². The first-order valence-electron chi connectivity index (χ1n) is 21.8. The molecule has 11 nitrogen and oxygen atoms in total. The molecule has 0 saturated carbocycles. The van der Waals surface area contributed by atoms with E-state index in [4.69, 9.17) is 23.7 Å². The molecule has 0 unspecified atom stereocenters. The molecule has 1 aromatic rings. The Kier molecular flexibility index (Phi) is 19.8. The summed E-state index contributed by atoms with van der Waals surface area (Å²) < 4.78 is 29.6. The van der Waals surface area contributed by atoms with Crippen LogP contribution in [0.15, 0.2) is 36.4 Å². The van der Waals surface area contributed by atoms with Crippen LogP contribution in [0.3, 0.4) is 0 Å². The maximum Gasteiger partial charge on any atom is 0.342 e. The van der Waals surface area contributed by atoms with Gasteiger partial charge in [-0.25, -0.2) is 9.59 Å². The van der Waals surface area contributed by atoms with E-state index in [0.29, 0.717) is 30.8 Å². The van der Waals surface area contributed by atoms with Gasteiger partial charge in [0.2, 0.25) is 12.2 Å². The van der Waals surface area contributed by atoms with E-state index in [1.807, 2.05) is 53.7 Å². The van der Waals surface area contributed by atoms with E-state index in [2.05, 4.69) is 12.2 Å². The smallest absolute Gasteiger partial charge is 0.342 e. The van der Waals surface area contributed by atoms with Crippen molar-refractivity contribution in [3.63, 3.8) is 0 Å². The number of nitrogens with one attached hydrogen (secondary N) is 1. The average molecular weight is 828 g/mol. The molecule has 1 heterocycles. The second kappa shape index (κ2) is 22.8. The maximum atomic E-state index is 14.7. The predicted molar refractivity (Wildman–Crippen MR) is 231 cm³/mol. The molecule has 1 saturated heterocycles. The first kappa shape index (κ1) is 51.4. The number of ketones is 1. The minimum Gasteiger partial charge on any atom is -0.488 e. The third-order valence-electron chi connectivity index (χ3n) is 9.45. The standard InChI is InChI=1S/C48H77NO10/c1-14-15-16-19-22-25-35(50)26-23-20-17-18-21-24-27-37(48(33-39(51)57-46(8,9)10)42(54)55-43(59-48)44(2,3)4)40(52)49-38(41(53)58-47(11,12)13)32-34-28-30-36(31-29-34)56-45(5,6)7/h24,27-31,37-38,43H,14-23,25-26,32-33H2,1-13H3,(H,49,52)/b27-24+/t37-,38-,43+,48-/m0/s1. The van der Waals surface area contributed by atoms with Crippen LogP contribution in [0.25, 0.3) is 0 Å². The van der Waals surface area contributed by atoms with Gasteiger partial charge in [0.1, 0.15) is 34.4 Å². The lowest BCUT2D eigenvalue weighted by atomic mass is 9.82. The number of rotatable bonds is 23. The van der Waals surface area contributed by atoms with Crippen LogP contribution in [0, 0.1) is 11.3 Å². The molecule has 1 aromatic carbocycles. The van der Waals surface area contributed by atoms with Crippen molar-refractivity contribution in [3.05, 3.63) is 42.0 Å². The number of carbonyl (C=O) groups is 5. The molecule has 0 bridgehead atoms. The van der Waals surface area contributed by atoms with Gasteiger partial charge < -0.3 is 29.0 Å². The number of Topliss-reactive ketones (excluding diaryl/α,β-unsaturated/α-hetero) is 1. The van der Waals surface area contributed by atoms with Gasteiger partial charge in [0.25, 0.3) is 0 Å². The van der Waals surface area contributed by atoms with E-state index in [9.17, 15) is 24.0 Å². The molecule has 1 aliphatic rings. The molecule has 0 spiro atoms. The molecule has 11 heteroatoms. The summed E-state index contributed by atoms with van der Waals surface area (Å²) in [5.41, 5.74) is -4.21. The average Bonchev–Trinajstić information content (AvgIpc) is 3.41. The molecule has 0 aromatic heterocycles. The summed E-state index contributed by atoms with van der Waals surface area (Å²) in [6.45, 7) is 23.9. The molecule has 1 amide bonds. The molecular formula is C48H77NO10. The number of ether oxygens (including phenoxy) is 5. The third-order valence-corrected chi connectivity index (χ3v) is 9.45. The lowest BCUT2D eigenvalue weighted by Crippen LogP contribution is -2.55. The fourth-order valence-corrected chi connectivity index (χ4v) is 6.62. The highest BCUT2D eigenvalue weighted by molar-refractivity contribution is 5.96. The minimum atomic E-state index is -2.10. The van der Waals surface area contributed by atoms with Gasteiger partial charge in [0.15, 0.2) is 5.60 Å². The van der Waals surface area contributed by atoms with Crippen LogP contribution in [-0.2, 0) is 49.3 Å². The highest BCUT2D eigenvalue weighted by atomic mass is 16.8. The molecule has 0 aliphatic carbocycles. The van der Waals surface area contributed by atoms with Gasteiger partial charge in [0.05, 0.1) is 12.3 Å². The minimum absolute atomic E-state index is 0.0726. The summed E-state index contributed by atoms with van der Waals surface area (Å²) in [5.74, 6) is -3.41. The monoisotopic (exact) mass is 828 g/mol. The number of hydrogen-bond acceptors (Lipinski definition) is 10. The summed E-state index contributed by atoms with van der Waals surface area (Å²) in [6.07, 6.45) is 12.6. The van der Waals surface area contributed by atoms with E-state index in [1.54, 1.807) is 65.8 Å². The Balaban J connectivity index is 2.43.